The highest BCUT2D eigenvalue weighted by atomic mass is 16.5. The quantitative estimate of drug-likeness (QED) is 0.871. The number of nitrogens with zero attached hydrogens (tertiary/aromatic N) is 2. The molecule has 6 nitrogen and oxygen atoms in total. The Bertz CT molecular complexity index is 567. The largest absolute Gasteiger partial charge is 0.497 e. The lowest BCUT2D eigenvalue weighted by Gasteiger charge is -2.10. The zero-order valence-corrected chi connectivity index (χ0v) is 11.9. The van der Waals surface area contributed by atoms with Gasteiger partial charge in [-0.2, -0.15) is 4.98 Å². The summed E-state index contributed by atoms with van der Waals surface area (Å²) in [5, 5.41) is 3.87. The highest BCUT2D eigenvalue weighted by Crippen LogP contribution is 2.24. The minimum atomic E-state index is 0.205. The van der Waals surface area contributed by atoms with Crippen LogP contribution in [0.25, 0.3) is 0 Å². The lowest BCUT2D eigenvalue weighted by molar-refractivity contribution is 0.281. The summed E-state index contributed by atoms with van der Waals surface area (Å²) >= 11 is 0. The molecule has 0 bridgehead atoms. The van der Waals surface area contributed by atoms with Crippen molar-refractivity contribution in [2.45, 2.75) is 32.9 Å². The zero-order chi connectivity index (χ0) is 14.5. The molecule has 2 rings (SSSR count). The number of nitrogens with two attached hydrogens (primary N) is 1. The van der Waals surface area contributed by atoms with Crippen LogP contribution in [0.3, 0.4) is 0 Å². The van der Waals surface area contributed by atoms with Gasteiger partial charge in [0.15, 0.2) is 6.61 Å². The monoisotopic (exact) mass is 277 g/mol. The van der Waals surface area contributed by atoms with Crippen molar-refractivity contribution in [1.29, 1.82) is 0 Å². The fraction of sp³-hybridized carbons (Fsp3) is 0.429. The molecule has 2 N–H and O–H groups in total. The summed E-state index contributed by atoms with van der Waals surface area (Å²) in [6, 6.07) is 5.50. The molecule has 2 aromatic rings. The first-order valence-corrected chi connectivity index (χ1v) is 6.46. The van der Waals surface area contributed by atoms with E-state index in [1.807, 2.05) is 32.0 Å². The molecule has 6 heteroatoms. The summed E-state index contributed by atoms with van der Waals surface area (Å²) in [4.78, 5) is 4.26. The molecule has 20 heavy (non-hydrogen) atoms. The molecule has 1 aromatic carbocycles. The highest BCUT2D eigenvalue weighted by molar-refractivity contribution is 5.40. The van der Waals surface area contributed by atoms with Gasteiger partial charge in [0.1, 0.15) is 11.5 Å². The maximum Gasteiger partial charge on any atom is 0.229 e. The van der Waals surface area contributed by atoms with E-state index in [9.17, 15) is 0 Å². The first kappa shape index (κ1) is 14.3. The lowest BCUT2D eigenvalue weighted by Crippen LogP contribution is -2.04. The molecule has 0 fully saturated rings. The predicted octanol–water partition coefficient (Wildman–Crippen LogP) is 2.24. The number of ether oxygens (including phenoxy) is 2. The fourth-order valence-corrected chi connectivity index (χ4v) is 1.69. The van der Waals surface area contributed by atoms with E-state index in [-0.39, 0.29) is 12.5 Å². The second-order valence-electron chi connectivity index (χ2n) is 4.67. The van der Waals surface area contributed by atoms with Crippen molar-refractivity contribution in [3.63, 3.8) is 0 Å². The number of methoxy groups -OCH3 is 1. The molecule has 0 spiro atoms. The van der Waals surface area contributed by atoms with Crippen LogP contribution in [-0.2, 0) is 13.2 Å². The Hall–Kier alpha value is -2.08. The Morgan fingerprint density at radius 3 is 2.75 bits per heavy atom. The van der Waals surface area contributed by atoms with E-state index < -0.39 is 0 Å². The fourth-order valence-electron chi connectivity index (χ4n) is 1.69. The molecule has 0 radical (unpaired) electrons. The number of hydrogen-bond donors (Lipinski definition) is 1. The minimum absolute atomic E-state index is 0.205. The van der Waals surface area contributed by atoms with Gasteiger partial charge in [-0.15, -0.1) is 0 Å². The third-order valence-corrected chi connectivity index (χ3v) is 2.82. The molecule has 0 unspecified atom stereocenters. The lowest BCUT2D eigenvalue weighted by atomic mass is 10.2. The molecular formula is C14H19N3O3. The van der Waals surface area contributed by atoms with Crippen LogP contribution in [0.2, 0.25) is 0 Å². The summed E-state index contributed by atoms with van der Waals surface area (Å²) in [5.41, 5.74) is 6.57. The Balaban J connectivity index is 2.06. The SMILES string of the molecule is COc1ccc(OCc2noc(C(C)C)n2)c(CN)c1. The average Bonchev–Trinajstić information content (AvgIpc) is 2.94. The van der Waals surface area contributed by atoms with Crippen molar-refractivity contribution >= 4 is 0 Å². The topological polar surface area (TPSA) is 83.4 Å². The number of benzene rings is 1. The summed E-state index contributed by atoms with van der Waals surface area (Å²) in [5.74, 6) is 2.78. The van der Waals surface area contributed by atoms with Crippen LogP contribution in [0.5, 0.6) is 11.5 Å². The van der Waals surface area contributed by atoms with Crippen LogP contribution < -0.4 is 15.2 Å². The van der Waals surface area contributed by atoms with Crippen LogP contribution >= 0.6 is 0 Å². The first-order valence-electron chi connectivity index (χ1n) is 6.46. The second-order valence-corrected chi connectivity index (χ2v) is 4.67. The van der Waals surface area contributed by atoms with Gasteiger partial charge in [-0.3, -0.25) is 0 Å². The number of hydrogen-bond acceptors (Lipinski definition) is 6. The van der Waals surface area contributed by atoms with E-state index in [1.54, 1.807) is 7.11 Å². The van der Waals surface area contributed by atoms with E-state index in [2.05, 4.69) is 10.1 Å². The van der Waals surface area contributed by atoms with Crippen molar-refractivity contribution in [3.05, 3.63) is 35.5 Å². The van der Waals surface area contributed by atoms with Crippen LogP contribution in [0, 0.1) is 0 Å². The number of aromatic nitrogens is 2. The molecule has 0 saturated heterocycles. The van der Waals surface area contributed by atoms with Crippen LogP contribution in [-0.4, -0.2) is 17.3 Å². The van der Waals surface area contributed by atoms with Crippen molar-refractivity contribution in [1.82, 2.24) is 10.1 Å². The van der Waals surface area contributed by atoms with Crippen LogP contribution in [0.15, 0.2) is 22.7 Å². The van der Waals surface area contributed by atoms with Gasteiger partial charge in [-0.25, -0.2) is 0 Å². The molecule has 0 aliphatic rings. The standard InChI is InChI=1S/C14H19N3O3/c1-9(2)14-16-13(17-20-14)8-19-12-5-4-11(18-3)6-10(12)7-15/h4-6,9H,7-8,15H2,1-3H3. The minimum Gasteiger partial charge on any atom is -0.497 e. The maximum atomic E-state index is 5.70. The molecule has 108 valence electrons. The first-order chi connectivity index (χ1) is 9.63. The van der Waals surface area contributed by atoms with Gasteiger partial charge < -0.3 is 19.7 Å². The molecule has 0 aliphatic carbocycles. The van der Waals surface area contributed by atoms with E-state index in [1.165, 1.54) is 0 Å². The summed E-state index contributed by atoms with van der Waals surface area (Å²) in [6.45, 7) is 4.61. The molecule has 0 saturated carbocycles. The van der Waals surface area contributed by atoms with Gasteiger partial charge in [0.2, 0.25) is 11.7 Å². The predicted molar refractivity (Wildman–Crippen MR) is 73.6 cm³/mol. The van der Waals surface area contributed by atoms with Gasteiger partial charge in [-0.1, -0.05) is 19.0 Å². The molecular weight excluding hydrogens is 258 g/mol. The van der Waals surface area contributed by atoms with Gasteiger partial charge >= 0.3 is 0 Å². The van der Waals surface area contributed by atoms with Crippen molar-refractivity contribution in [3.8, 4) is 11.5 Å². The summed E-state index contributed by atoms with van der Waals surface area (Å²) in [6.07, 6.45) is 0. The van der Waals surface area contributed by atoms with Crippen LogP contribution in [0.1, 0.15) is 37.0 Å². The normalized spacial score (nSPS) is 10.8. The molecule has 0 amide bonds. The zero-order valence-electron chi connectivity index (χ0n) is 11.9. The van der Waals surface area contributed by atoms with Crippen molar-refractivity contribution in [2.24, 2.45) is 5.73 Å². The average molecular weight is 277 g/mol. The van der Waals surface area contributed by atoms with Gasteiger partial charge in [0.25, 0.3) is 0 Å². The van der Waals surface area contributed by atoms with Gasteiger partial charge in [0, 0.05) is 18.0 Å². The van der Waals surface area contributed by atoms with E-state index >= 15 is 0 Å². The van der Waals surface area contributed by atoms with E-state index in [0.717, 1.165) is 11.3 Å². The third kappa shape index (κ3) is 3.27. The van der Waals surface area contributed by atoms with Crippen LogP contribution in [0.4, 0.5) is 0 Å². The van der Waals surface area contributed by atoms with Gasteiger partial charge in [0.05, 0.1) is 7.11 Å². The molecule has 1 aromatic heterocycles. The highest BCUT2D eigenvalue weighted by Gasteiger charge is 2.11. The molecule has 0 atom stereocenters. The Kier molecular flexibility index (Phi) is 4.57. The second kappa shape index (κ2) is 6.38. The van der Waals surface area contributed by atoms with E-state index in [0.29, 0.717) is 24.0 Å². The van der Waals surface area contributed by atoms with Crippen molar-refractivity contribution in [2.75, 3.05) is 7.11 Å². The molecule has 1 heterocycles. The maximum absolute atomic E-state index is 5.70. The Morgan fingerprint density at radius 2 is 2.15 bits per heavy atom. The summed E-state index contributed by atoms with van der Waals surface area (Å²) < 4.78 is 16.0. The van der Waals surface area contributed by atoms with E-state index in [4.69, 9.17) is 19.7 Å². The Morgan fingerprint density at radius 1 is 1.35 bits per heavy atom. The van der Waals surface area contributed by atoms with Crippen molar-refractivity contribution < 1.29 is 14.0 Å². The third-order valence-electron chi connectivity index (χ3n) is 2.82. The summed E-state index contributed by atoms with van der Waals surface area (Å²) in [7, 11) is 1.61. The van der Waals surface area contributed by atoms with Gasteiger partial charge in [-0.05, 0) is 18.2 Å². The molecule has 0 aliphatic heterocycles. The smallest absolute Gasteiger partial charge is 0.229 e. The number of rotatable bonds is 6. The Labute approximate surface area is 117 Å².